The molecule has 3 heteroatoms. The molecule has 0 N–H and O–H groups in total. The van der Waals surface area contributed by atoms with Crippen molar-refractivity contribution in [2.24, 2.45) is 0 Å². The van der Waals surface area contributed by atoms with Crippen molar-refractivity contribution in [3.8, 4) is 0 Å². The van der Waals surface area contributed by atoms with Crippen LogP contribution in [0.2, 0.25) is 5.02 Å². The number of carbonyl (C=O) groups is 1. The number of amides is 1. The number of anilines is 1. The number of hydrogen-bond donors (Lipinski definition) is 0. The summed E-state index contributed by atoms with van der Waals surface area (Å²) < 4.78 is 0. The monoisotopic (exact) mass is 273 g/mol. The summed E-state index contributed by atoms with van der Waals surface area (Å²) in [6.07, 6.45) is 0. The molecule has 2 aromatic rings. The first-order valence-corrected chi connectivity index (χ1v) is 6.53. The molecule has 19 heavy (non-hydrogen) atoms. The van der Waals surface area contributed by atoms with Gasteiger partial charge in [0.2, 0.25) is 5.91 Å². The van der Waals surface area contributed by atoms with Crippen molar-refractivity contribution in [3.05, 3.63) is 64.7 Å². The lowest BCUT2D eigenvalue weighted by Gasteiger charge is -2.21. The Kier molecular flexibility index (Phi) is 4.23. The van der Waals surface area contributed by atoms with Crippen LogP contribution < -0.4 is 4.90 Å². The highest BCUT2D eigenvalue weighted by molar-refractivity contribution is 6.30. The van der Waals surface area contributed by atoms with Crippen molar-refractivity contribution >= 4 is 23.2 Å². The summed E-state index contributed by atoms with van der Waals surface area (Å²) in [5.41, 5.74) is 3.15. The zero-order chi connectivity index (χ0) is 13.8. The minimum atomic E-state index is 0.0267. The Bertz CT molecular complexity index is 560. The number of rotatable bonds is 3. The van der Waals surface area contributed by atoms with Gasteiger partial charge in [-0.1, -0.05) is 41.4 Å². The van der Waals surface area contributed by atoms with Gasteiger partial charge in [-0.15, -0.1) is 0 Å². The molecular weight excluding hydrogens is 258 g/mol. The summed E-state index contributed by atoms with van der Waals surface area (Å²) in [4.78, 5) is 13.6. The first kappa shape index (κ1) is 13.6. The molecule has 0 aliphatic heterocycles. The minimum absolute atomic E-state index is 0.0267. The van der Waals surface area contributed by atoms with Gasteiger partial charge in [0.05, 0.1) is 6.54 Å². The van der Waals surface area contributed by atoms with Gasteiger partial charge in [-0.3, -0.25) is 4.79 Å². The van der Waals surface area contributed by atoms with Gasteiger partial charge < -0.3 is 4.90 Å². The zero-order valence-corrected chi connectivity index (χ0v) is 11.8. The fourth-order valence-electron chi connectivity index (χ4n) is 1.88. The number of nitrogens with zero attached hydrogens (tertiary/aromatic N) is 1. The van der Waals surface area contributed by atoms with E-state index in [-0.39, 0.29) is 5.91 Å². The molecule has 0 saturated carbocycles. The molecule has 0 aromatic heterocycles. The Morgan fingerprint density at radius 3 is 2.16 bits per heavy atom. The molecular formula is C16H16ClNO. The minimum Gasteiger partial charge on any atom is -0.308 e. The van der Waals surface area contributed by atoms with Gasteiger partial charge in [0.1, 0.15) is 0 Å². The van der Waals surface area contributed by atoms with Crippen LogP contribution in [0, 0.1) is 6.92 Å². The van der Waals surface area contributed by atoms with E-state index in [0.29, 0.717) is 11.6 Å². The van der Waals surface area contributed by atoms with Gasteiger partial charge in [-0.2, -0.15) is 0 Å². The average Bonchev–Trinajstić information content (AvgIpc) is 2.39. The van der Waals surface area contributed by atoms with Crippen LogP contribution in [0.3, 0.4) is 0 Å². The molecule has 0 unspecified atom stereocenters. The molecule has 0 heterocycles. The predicted octanol–water partition coefficient (Wildman–Crippen LogP) is 4.20. The molecule has 0 spiro atoms. The second-order valence-electron chi connectivity index (χ2n) is 4.57. The third-order valence-corrected chi connectivity index (χ3v) is 3.23. The topological polar surface area (TPSA) is 20.3 Å². The molecule has 2 rings (SSSR count). The van der Waals surface area contributed by atoms with E-state index in [1.807, 2.05) is 55.5 Å². The van der Waals surface area contributed by atoms with Gasteiger partial charge in [-0.05, 0) is 36.8 Å². The van der Waals surface area contributed by atoms with Crippen molar-refractivity contribution in [1.82, 2.24) is 0 Å². The van der Waals surface area contributed by atoms with Crippen LogP contribution in [-0.2, 0) is 11.3 Å². The van der Waals surface area contributed by atoms with Crippen molar-refractivity contribution < 1.29 is 4.79 Å². The summed E-state index contributed by atoms with van der Waals surface area (Å²) in [7, 11) is 0. The van der Waals surface area contributed by atoms with Gasteiger partial charge in [0.25, 0.3) is 0 Å². The Morgan fingerprint density at radius 2 is 1.63 bits per heavy atom. The second-order valence-corrected chi connectivity index (χ2v) is 5.00. The smallest absolute Gasteiger partial charge is 0.224 e. The van der Waals surface area contributed by atoms with E-state index in [0.717, 1.165) is 11.3 Å². The van der Waals surface area contributed by atoms with Crippen molar-refractivity contribution in [2.45, 2.75) is 20.4 Å². The Hall–Kier alpha value is -1.80. The molecule has 0 aliphatic rings. The lowest BCUT2D eigenvalue weighted by atomic mass is 10.1. The van der Waals surface area contributed by atoms with Crippen LogP contribution in [0.4, 0.5) is 5.69 Å². The quantitative estimate of drug-likeness (QED) is 0.821. The van der Waals surface area contributed by atoms with E-state index in [1.54, 1.807) is 11.8 Å². The van der Waals surface area contributed by atoms with Crippen LogP contribution in [0.25, 0.3) is 0 Å². The molecule has 0 atom stereocenters. The number of carbonyl (C=O) groups excluding carboxylic acids is 1. The Balaban J connectivity index is 2.23. The number of benzene rings is 2. The molecule has 0 radical (unpaired) electrons. The normalized spacial score (nSPS) is 10.3. The van der Waals surface area contributed by atoms with Gasteiger partial charge in [0, 0.05) is 17.6 Å². The molecule has 2 aromatic carbocycles. The Labute approximate surface area is 118 Å². The molecule has 1 amide bonds. The summed E-state index contributed by atoms with van der Waals surface area (Å²) >= 11 is 5.86. The van der Waals surface area contributed by atoms with E-state index >= 15 is 0 Å². The summed E-state index contributed by atoms with van der Waals surface area (Å²) in [5, 5.41) is 0.702. The molecule has 0 fully saturated rings. The third kappa shape index (κ3) is 3.58. The van der Waals surface area contributed by atoms with E-state index < -0.39 is 0 Å². The van der Waals surface area contributed by atoms with Gasteiger partial charge in [0.15, 0.2) is 0 Å². The number of halogens is 1. The summed E-state index contributed by atoms with van der Waals surface area (Å²) in [6, 6.07) is 15.5. The van der Waals surface area contributed by atoms with Crippen molar-refractivity contribution in [2.75, 3.05) is 4.90 Å². The van der Waals surface area contributed by atoms with Crippen LogP contribution in [0.5, 0.6) is 0 Å². The number of hydrogen-bond acceptors (Lipinski definition) is 1. The molecule has 0 saturated heterocycles. The van der Waals surface area contributed by atoms with E-state index in [2.05, 4.69) is 0 Å². The lowest BCUT2D eigenvalue weighted by Crippen LogP contribution is -2.27. The van der Waals surface area contributed by atoms with Crippen LogP contribution in [0.15, 0.2) is 48.5 Å². The maximum Gasteiger partial charge on any atom is 0.224 e. The highest BCUT2D eigenvalue weighted by atomic mass is 35.5. The highest BCUT2D eigenvalue weighted by Gasteiger charge is 2.11. The van der Waals surface area contributed by atoms with Crippen LogP contribution in [0.1, 0.15) is 18.1 Å². The maximum atomic E-state index is 11.8. The van der Waals surface area contributed by atoms with E-state index in [9.17, 15) is 4.79 Å². The van der Waals surface area contributed by atoms with Crippen LogP contribution in [-0.4, -0.2) is 5.91 Å². The first-order valence-electron chi connectivity index (χ1n) is 6.15. The maximum absolute atomic E-state index is 11.8. The van der Waals surface area contributed by atoms with Gasteiger partial charge >= 0.3 is 0 Å². The lowest BCUT2D eigenvalue weighted by molar-refractivity contribution is -0.116. The van der Waals surface area contributed by atoms with Gasteiger partial charge in [-0.25, -0.2) is 0 Å². The fourth-order valence-corrected chi connectivity index (χ4v) is 2.01. The third-order valence-electron chi connectivity index (χ3n) is 2.98. The predicted molar refractivity (Wildman–Crippen MR) is 79.5 cm³/mol. The van der Waals surface area contributed by atoms with E-state index in [4.69, 9.17) is 11.6 Å². The fraction of sp³-hybridized carbons (Fsp3) is 0.188. The first-order chi connectivity index (χ1) is 9.06. The van der Waals surface area contributed by atoms with Crippen LogP contribution >= 0.6 is 11.6 Å². The number of aryl methyl sites for hydroxylation is 1. The average molecular weight is 274 g/mol. The molecule has 2 nitrogen and oxygen atoms in total. The molecule has 0 bridgehead atoms. The van der Waals surface area contributed by atoms with E-state index in [1.165, 1.54) is 5.56 Å². The zero-order valence-electron chi connectivity index (χ0n) is 11.1. The highest BCUT2D eigenvalue weighted by Crippen LogP contribution is 2.19. The van der Waals surface area contributed by atoms with Crippen molar-refractivity contribution in [3.63, 3.8) is 0 Å². The SMILES string of the molecule is CC(=O)N(Cc1ccc(Cl)cc1)c1ccc(C)cc1. The largest absolute Gasteiger partial charge is 0.308 e. The summed E-state index contributed by atoms with van der Waals surface area (Å²) in [6.45, 7) is 4.16. The molecule has 98 valence electrons. The summed E-state index contributed by atoms with van der Waals surface area (Å²) in [5.74, 6) is 0.0267. The van der Waals surface area contributed by atoms with Crippen molar-refractivity contribution in [1.29, 1.82) is 0 Å². The Morgan fingerprint density at radius 1 is 1.05 bits per heavy atom. The second kappa shape index (κ2) is 5.89. The molecule has 0 aliphatic carbocycles. The standard InChI is InChI=1S/C16H16ClNO/c1-12-3-9-16(10-4-12)18(13(2)19)11-14-5-7-15(17)8-6-14/h3-10H,11H2,1-2H3.